The van der Waals surface area contributed by atoms with Crippen LogP contribution in [0.2, 0.25) is 10.0 Å². The summed E-state index contributed by atoms with van der Waals surface area (Å²) in [6.45, 7) is 0.656. The van der Waals surface area contributed by atoms with Crippen LogP contribution in [0.25, 0.3) is 0 Å². The van der Waals surface area contributed by atoms with Crippen LogP contribution in [0.3, 0.4) is 0 Å². The molecule has 0 radical (unpaired) electrons. The molecule has 0 aliphatic carbocycles. The van der Waals surface area contributed by atoms with Gasteiger partial charge in [0.25, 0.3) is 0 Å². The van der Waals surface area contributed by atoms with Crippen molar-refractivity contribution in [2.24, 2.45) is 0 Å². The van der Waals surface area contributed by atoms with Gasteiger partial charge in [0.2, 0.25) is 5.91 Å². The maximum atomic E-state index is 11.7. The van der Waals surface area contributed by atoms with E-state index in [2.05, 4.69) is 11.4 Å². The van der Waals surface area contributed by atoms with E-state index in [0.29, 0.717) is 22.3 Å². The van der Waals surface area contributed by atoms with E-state index in [1.807, 2.05) is 11.4 Å². The van der Waals surface area contributed by atoms with Gasteiger partial charge in [-0.05, 0) is 36.1 Å². The van der Waals surface area contributed by atoms with Gasteiger partial charge in [-0.15, -0.1) is 23.1 Å². The summed E-state index contributed by atoms with van der Waals surface area (Å²) in [6.07, 6.45) is 0.867. The zero-order chi connectivity index (χ0) is 14.4. The molecule has 0 spiro atoms. The van der Waals surface area contributed by atoms with Gasteiger partial charge < -0.3 is 5.32 Å². The van der Waals surface area contributed by atoms with E-state index in [4.69, 9.17) is 23.2 Å². The van der Waals surface area contributed by atoms with Crippen LogP contribution in [-0.2, 0) is 11.2 Å². The SMILES string of the molecule is O=C(CSc1cc(Cl)ccc1Cl)NCCc1cccs1. The molecule has 1 heterocycles. The predicted octanol–water partition coefficient (Wildman–Crippen LogP) is 4.51. The maximum absolute atomic E-state index is 11.7. The van der Waals surface area contributed by atoms with Crippen molar-refractivity contribution in [3.05, 3.63) is 50.6 Å². The molecule has 0 fully saturated rings. The van der Waals surface area contributed by atoms with Crippen molar-refractivity contribution in [1.29, 1.82) is 0 Å². The van der Waals surface area contributed by atoms with Gasteiger partial charge >= 0.3 is 0 Å². The Labute approximate surface area is 136 Å². The number of thiophene rings is 1. The molecule has 0 aliphatic rings. The average molecular weight is 346 g/mol. The van der Waals surface area contributed by atoms with Gasteiger partial charge in [-0.2, -0.15) is 0 Å². The summed E-state index contributed by atoms with van der Waals surface area (Å²) < 4.78 is 0. The Morgan fingerprint density at radius 3 is 2.90 bits per heavy atom. The summed E-state index contributed by atoms with van der Waals surface area (Å²) >= 11 is 15.0. The van der Waals surface area contributed by atoms with Crippen molar-refractivity contribution in [3.63, 3.8) is 0 Å². The maximum Gasteiger partial charge on any atom is 0.230 e. The third-order valence-corrected chi connectivity index (χ3v) is 5.19. The average Bonchev–Trinajstić information content (AvgIpc) is 2.93. The van der Waals surface area contributed by atoms with Gasteiger partial charge in [-0.1, -0.05) is 29.3 Å². The minimum absolute atomic E-state index is 0.00241. The Kier molecular flexibility index (Phi) is 6.23. The summed E-state index contributed by atoms with van der Waals surface area (Å²) in [5.41, 5.74) is 0. The van der Waals surface area contributed by atoms with Crippen molar-refractivity contribution in [3.8, 4) is 0 Å². The predicted molar refractivity (Wildman–Crippen MR) is 88.2 cm³/mol. The number of halogens is 2. The van der Waals surface area contributed by atoms with E-state index < -0.39 is 0 Å². The molecule has 0 saturated heterocycles. The summed E-state index contributed by atoms with van der Waals surface area (Å²) in [4.78, 5) is 13.8. The zero-order valence-corrected chi connectivity index (χ0v) is 13.7. The molecular weight excluding hydrogens is 333 g/mol. The largest absolute Gasteiger partial charge is 0.355 e. The van der Waals surface area contributed by atoms with Crippen LogP contribution >= 0.6 is 46.3 Å². The molecule has 1 aromatic carbocycles. The number of hydrogen-bond donors (Lipinski definition) is 1. The first-order chi connectivity index (χ1) is 9.65. The normalized spacial score (nSPS) is 10.5. The van der Waals surface area contributed by atoms with Crippen molar-refractivity contribution < 1.29 is 4.79 Å². The van der Waals surface area contributed by atoms with Crippen LogP contribution in [0, 0.1) is 0 Å². The monoisotopic (exact) mass is 345 g/mol. The molecule has 0 unspecified atom stereocenters. The van der Waals surface area contributed by atoms with Crippen LogP contribution in [0.4, 0.5) is 0 Å². The molecule has 106 valence electrons. The number of nitrogens with one attached hydrogen (secondary N) is 1. The highest BCUT2D eigenvalue weighted by Gasteiger charge is 2.06. The Morgan fingerprint density at radius 2 is 2.15 bits per heavy atom. The van der Waals surface area contributed by atoms with Gasteiger partial charge in [0, 0.05) is 21.3 Å². The highest BCUT2D eigenvalue weighted by Crippen LogP contribution is 2.29. The summed E-state index contributed by atoms with van der Waals surface area (Å²) in [6, 6.07) is 9.32. The van der Waals surface area contributed by atoms with Gasteiger partial charge in [0.05, 0.1) is 10.8 Å². The first-order valence-corrected chi connectivity index (χ1v) is 8.64. The summed E-state index contributed by atoms with van der Waals surface area (Å²) in [5, 5.41) is 6.17. The number of rotatable bonds is 6. The second kappa shape index (κ2) is 7.93. The summed E-state index contributed by atoms with van der Waals surface area (Å²) in [7, 11) is 0. The molecule has 2 aromatic rings. The van der Waals surface area contributed by atoms with Crippen LogP contribution in [0.1, 0.15) is 4.88 Å². The fourth-order valence-electron chi connectivity index (χ4n) is 1.56. The fraction of sp³-hybridized carbons (Fsp3) is 0.214. The lowest BCUT2D eigenvalue weighted by Gasteiger charge is -2.06. The number of amides is 1. The number of thioether (sulfide) groups is 1. The first-order valence-electron chi connectivity index (χ1n) is 6.02. The smallest absolute Gasteiger partial charge is 0.230 e. The number of carbonyl (C=O) groups excluding carboxylic acids is 1. The number of hydrogen-bond acceptors (Lipinski definition) is 3. The van der Waals surface area contributed by atoms with E-state index in [1.54, 1.807) is 29.5 Å². The van der Waals surface area contributed by atoms with Crippen molar-refractivity contribution >= 4 is 52.2 Å². The van der Waals surface area contributed by atoms with E-state index >= 15 is 0 Å². The third-order valence-electron chi connectivity index (χ3n) is 2.53. The van der Waals surface area contributed by atoms with Crippen molar-refractivity contribution in [2.75, 3.05) is 12.3 Å². The molecule has 0 atom stereocenters. The molecule has 1 amide bonds. The Bertz CT molecular complexity index is 573. The highest BCUT2D eigenvalue weighted by atomic mass is 35.5. The lowest BCUT2D eigenvalue weighted by atomic mass is 10.3. The van der Waals surface area contributed by atoms with Crippen LogP contribution < -0.4 is 5.32 Å². The molecule has 1 N–H and O–H groups in total. The van der Waals surface area contributed by atoms with E-state index in [1.165, 1.54) is 16.6 Å². The topological polar surface area (TPSA) is 29.1 Å². The van der Waals surface area contributed by atoms with Gasteiger partial charge in [-0.25, -0.2) is 0 Å². The van der Waals surface area contributed by atoms with Gasteiger partial charge in [-0.3, -0.25) is 4.79 Å². The van der Waals surface area contributed by atoms with E-state index in [0.717, 1.165) is 11.3 Å². The second-order valence-corrected chi connectivity index (χ2v) is 6.94. The molecule has 6 heteroatoms. The van der Waals surface area contributed by atoms with Crippen molar-refractivity contribution in [2.45, 2.75) is 11.3 Å². The highest BCUT2D eigenvalue weighted by molar-refractivity contribution is 8.00. The Balaban J connectivity index is 1.73. The Morgan fingerprint density at radius 1 is 1.30 bits per heavy atom. The molecule has 2 rings (SSSR count). The van der Waals surface area contributed by atoms with Crippen LogP contribution in [0.5, 0.6) is 0 Å². The first kappa shape index (κ1) is 15.7. The fourth-order valence-corrected chi connectivity index (χ4v) is 3.59. The zero-order valence-electron chi connectivity index (χ0n) is 10.6. The second-order valence-electron chi connectivity index (χ2n) is 4.04. The van der Waals surface area contributed by atoms with E-state index in [-0.39, 0.29) is 5.91 Å². The molecule has 1 aromatic heterocycles. The number of benzene rings is 1. The lowest BCUT2D eigenvalue weighted by molar-refractivity contribution is -0.118. The number of carbonyl (C=O) groups is 1. The molecule has 20 heavy (non-hydrogen) atoms. The van der Waals surface area contributed by atoms with Crippen LogP contribution in [-0.4, -0.2) is 18.2 Å². The van der Waals surface area contributed by atoms with E-state index in [9.17, 15) is 4.79 Å². The molecule has 0 aliphatic heterocycles. The quantitative estimate of drug-likeness (QED) is 0.780. The Hall–Kier alpha value is -0.680. The molecule has 0 bridgehead atoms. The van der Waals surface area contributed by atoms with Gasteiger partial charge in [0.1, 0.15) is 0 Å². The molecular formula is C14H13Cl2NOS2. The lowest BCUT2D eigenvalue weighted by Crippen LogP contribution is -2.27. The minimum atomic E-state index is 0.00241. The minimum Gasteiger partial charge on any atom is -0.355 e. The van der Waals surface area contributed by atoms with Gasteiger partial charge in [0.15, 0.2) is 0 Å². The van der Waals surface area contributed by atoms with Crippen molar-refractivity contribution in [1.82, 2.24) is 5.32 Å². The standard InChI is InChI=1S/C14H13Cl2NOS2/c15-10-3-4-12(16)13(8-10)20-9-14(18)17-6-5-11-2-1-7-19-11/h1-4,7-8H,5-6,9H2,(H,17,18). The molecule has 2 nitrogen and oxygen atoms in total. The van der Waals surface area contributed by atoms with Crippen LogP contribution in [0.15, 0.2) is 40.6 Å². The summed E-state index contributed by atoms with van der Waals surface area (Å²) in [5.74, 6) is 0.340. The molecule has 0 saturated carbocycles. The third kappa shape index (κ3) is 5.02.